The van der Waals surface area contributed by atoms with E-state index < -0.39 is 0 Å². The van der Waals surface area contributed by atoms with E-state index in [1.807, 2.05) is 36.4 Å². The topological polar surface area (TPSA) is 50.8 Å². The number of nitrogens with zero attached hydrogens (tertiary/aromatic N) is 1. The molecule has 144 valence electrons. The van der Waals surface area contributed by atoms with Crippen molar-refractivity contribution < 1.29 is 14.3 Å². The second kappa shape index (κ2) is 10.7. The molecule has 1 fully saturated rings. The van der Waals surface area contributed by atoms with Crippen LogP contribution in [0.5, 0.6) is 11.5 Å². The van der Waals surface area contributed by atoms with Crippen molar-refractivity contribution in [3.8, 4) is 11.5 Å². The van der Waals surface area contributed by atoms with Crippen LogP contribution in [0.2, 0.25) is 0 Å². The van der Waals surface area contributed by atoms with Gasteiger partial charge in [0.05, 0.1) is 6.61 Å². The molecule has 6 heteroatoms. The van der Waals surface area contributed by atoms with Crippen molar-refractivity contribution >= 4 is 17.2 Å². The van der Waals surface area contributed by atoms with Crippen LogP contribution in [0.15, 0.2) is 54.1 Å². The number of nitrogens with one attached hydrogen (secondary N) is 1. The summed E-state index contributed by atoms with van der Waals surface area (Å²) in [6.45, 7) is 4.04. The van der Waals surface area contributed by atoms with E-state index in [4.69, 9.17) is 9.47 Å². The first kappa shape index (κ1) is 19.5. The maximum Gasteiger partial charge on any atom is 0.261 e. The molecule has 2 heterocycles. The van der Waals surface area contributed by atoms with E-state index in [1.54, 1.807) is 17.5 Å². The largest absolute Gasteiger partial charge is 0.492 e. The van der Waals surface area contributed by atoms with E-state index >= 15 is 0 Å². The SMILES string of the molecule is O=C(COc1ccccc1)N/C=C\CCOc1csc(CN2CCCC2)c1. The predicted molar refractivity (Wildman–Crippen MR) is 108 cm³/mol. The second-order valence-electron chi connectivity index (χ2n) is 6.44. The Kier molecular flexibility index (Phi) is 7.74. The molecular formula is C21H26N2O3S. The van der Waals surface area contributed by atoms with Crippen molar-refractivity contribution in [2.24, 2.45) is 0 Å². The quantitative estimate of drug-likeness (QED) is 0.631. The number of carbonyl (C=O) groups excluding carboxylic acids is 1. The number of hydrogen-bond donors (Lipinski definition) is 1. The molecule has 1 aliphatic rings. The average molecular weight is 387 g/mol. The van der Waals surface area contributed by atoms with Gasteiger partial charge in [0.1, 0.15) is 11.5 Å². The van der Waals surface area contributed by atoms with Gasteiger partial charge in [0.25, 0.3) is 5.91 Å². The van der Waals surface area contributed by atoms with Crippen LogP contribution in [-0.4, -0.2) is 37.1 Å². The lowest BCUT2D eigenvalue weighted by Crippen LogP contribution is -2.24. The molecule has 1 aromatic heterocycles. The lowest BCUT2D eigenvalue weighted by atomic mass is 10.3. The molecule has 1 N–H and O–H groups in total. The molecule has 2 aromatic rings. The molecule has 1 aliphatic heterocycles. The molecule has 1 amide bonds. The molecular weight excluding hydrogens is 360 g/mol. The predicted octanol–water partition coefficient (Wildman–Crippen LogP) is 3.82. The first-order valence-electron chi connectivity index (χ1n) is 9.34. The third-order valence-corrected chi connectivity index (χ3v) is 5.14. The van der Waals surface area contributed by atoms with E-state index in [1.165, 1.54) is 30.8 Å². The van der Waals surface area contributed by atoms with Crippen LogP contribution in [0.4, 0.5) is 0 Å². The second-order valence-corrected chi connectivity index (χ2v) is 7.44. The lowest BCUT2D eigenvalue weighted by Gasteiger charge is -2.12. The summed E-state index contributed by atoms with van der Waals surface area (Å²) in [6.07, 6.45) is 6.90. The normalized spacial score (nSPS) is 14.5. The Balaban J connectivity index is 1.26. The van der Waals surface area contributed by atoms with Crippen molar-refractivity contribution in [1.82, 2.24) is 10.2 Å². The van der Waals surface area contributed by atoms with Crippen molar-refractivity contribution in [3.63, 3.8) is 0 Å². The highest BCUT2D eigenvalue weighted by molar-refractivity contribution is 7.10. The fourth-order valence-electron chi connectivity index (χ4n) is 2.87. The lowest BCUT2D eigenvalue weighted by molar-refractivity contribution is -0.122. The van der Waals surface area contributed by atoms with E-state index in [2.05, 4.69) is 21.7 Å². The van der Waals surface area contributed by atoms with Gasteiger partial charge in [-0.05, 0) is 50.3 Å². The van der Waals surface area contributed by atoms with Gasteiger partial charge >= 0.3 is 0 Å². The summed E-state index contributed by atoms with van der Waals surface area (Å²) in [6, 6.07) is 11.4. The Hall–Kier alpha value is -2.31. The van der Waals surface area contributed by atoms with Crippen molar-refractivity contribution in [1.29, 1.82) is 0 Å². The van der Waals surface area contributed by atoms with Gasteiger partial charge in [-0.1, -0.05) is 24.3 Å². The summed E-state index contributed by atoms with van der Waals surface area (Å²) in [7, 11) is 0. The molecule has 3 rings (SSSR count). The fourth-order valence-corrected chi connectivity index (χ4v) is 3.71. The summed E-state index contributed by atoms with van der Waals surface area (Å²) in [5, 5.41) is 4.76. The third kappa shape index (κ3) is 7.07. The Morgan fingerprint density at radius 1 is 1.15 bits per heavy atom. The number of likely N-dealkylation sites (tertiary alicyclic amines) is 1. The zero-order valence-electron chi connectivity index (χ0n) is 15.4. The standard InChI is InChI=1S/C21H26N2O3S/c24-21(16-26-18-8-2-1-3-9-18)22-10-4-7-13-25-19-14-20(27-17-19)15-23-11-5-6-12-23/h1-4,8-10,14,17H,5-7,11-13,15-16H2,(H,22,24)/b10-4-. The van der Waals surface area contributed by atoms with E-state index in [9.17, 15) is 4.79 Å². The van der Waals surface area contributed by atoms with Gasteiger partial charge in [0, 0.05) is 23.2 Å². The number of hydrogen-bond acceptors (Lipinski definition) is 5. The van der Waals surface area contributed by atoms with Crippen LogP contribution in [-0.2, 0) is 11.3 Å². The summed E-state index contributed by atoms with van der Waals surface area (Å²) in [5.74, 6) is 1.44. The minimum atomic E-state index is -0.180. The van der Waals surface area contributed by atoms with Gasteiger partial charge in [-0.25, -0.2) is 0 Å². The summed E-state index contributed by atoms with van der Waals surface area (Å²) in [4.78, 5) is 15.5. The molecule has 0 bridgehead atoms. The monoisotopic (exact) mass is 386 g/mol. The van der Waals surface area contributed by atoms with Gasteiger partial charge in [-0.15, -0.1) is 11.3 Å². The van der Waals surface area contributed by atoms with Crippen molar-refractivity contribution in [3.05, 3.63) is 58.9 Å². The maximum absolute atomic E-state index is 11.7. The molecule has 0 saturated carbocycles. The van der Waals surface area contributed by atoms with Crippen LogP contribution in [0.1, 0.15) is 24.1 Å². The molecule has 5 nitrogen and oxygen atoms in total. The molecule has 0 radical (unpaired) electrons. The van der Waals surface area contributed by atoms with Crippen LogP contribution in [0.25, 0.3) is 0 Å². The molecule has 0 unspecified atom stereocenters. The average Bonchev–Trinajstić information content (AvgIpc) is 3.36. The minimum absolute atomic E-state index is 0.000445. The van der Waals surface area contributed by atoms with Crippen LogP contribution >= 0.6 is 11.3 Å². The third-order valence-electron chi connectivity index (χ3n) is 4.24. The molecule has 0 aliphatic carbocycles. The Bertz CT molecular complexity index is 724. The highest BCUT2D eigenvalue weighted by Crippen LogP contribution is 2.24. The van der Waals surface area contributed by atoms with Gasteiger partial charge < -0.3 is 14.8 Å². The number of rotatable bonds is 10. The first-order valence-corrected chi connectivity index (χ1v) is 10.2. The van der Waals surface area contributed by atoms with Crippen molar-refractivity contribution in [2.75, 3.05) is 26.3 Å². The molecule has 1 saturated heterocycles. The molecule has 0 spiro atoms. The Morgan fingerprint density at radius 3 is 2.78 bits per heavy atom. The van der Waals surface area contributed by atoms with Gasteiger partial charge in [-0.3, -0.25) is 9.69 Å². The van der Waals surface area contributed by atoms with Crippen molar-refractivity contribution in [2.45, 2.75) is 25.8 Å². The Labute approximate surface area is 164 Å². The molecule has 27 heavy (non-hydrogen) atoms. The minimum Gasteiger partial charge on any atom is -0.492 e. The van der Waals surface area contributed by atoms with Crippen LogP contribution in [0, 0.1) is 0 Å². The van der Waals surface area contributed by atoms with Gasteiger partial charge in [0.2, 0.25) is 0 Å². The van der Waals surface area contributed by atoms with E-state index in [0.717, 1.165) is 18.7 Å². The number of carbonyl (C=O) groups is 1. The Morgan fingerprint density at radius 2 is 1.96 bits per heavy atom. The number of amides is 1. The summed E-state index contributed by atoms with van der Waals surface area (Å²) < 4.78 is 11.1. The number of thiophene rings is 1. The maximum atomic E-state index is 11.7. The highest BCUT2D eigenvalue weighted by Gasteiger charge is 2.12. The molecule has 1 aromatic carbocycles. The number of ether oxygens (including phenoxy) is 2. The van der Waals surface area contributed by atoms with Gasteiger partial charge in [-0.2, -0.15) is 0 Å². The van der Waals surface area contributed by atoms with E-state index in [0.29, 0.717) is 12.4 Å². The van der Waals surface area contributed by atoms with Crippen LogP contribution in [0.3, 0.4) is 0 Å². The van der Waals surface area contributed by atoms with E-state index in [-0.39, 0.29) is 12.5 Å². The number of benzene rings is 1. The molecule has 0 atom stereocenters. The van der Waals surface area contributed by atoms with Gasteiger partial charge in [0.15, 0.2) is 6.61 Å². The summed E-state index contributed by atoms with van der Waals surface area (Å²) >= 11 is 1.76. The zero-order valence-corrected chi connectivity index (χ0v) is 16.2. The highest BCUT2D eigenvalue weighted by atomic mass is 32.1. The zero-order chi connectivity index (χ0) is 18.7. The fraction of sp³-hybridized carbons (Fsp3) is 0.381. The first-order chi connectivity index (χ1) is 13.3. The smallest absolute Gasteiger partial charge is 0.261 e. The number of para-hydroxylation sites is 1. The summed E-state index contributed by atoms with van der Waals surface area (Å²) in [5.41, 5.74) is 0. The van der Waals surface area contributed by atoms with Crippen LogP contribution < -0.4 is 14.8 Å².